The molecule has 0 spiro atoms. The molecule has 0 aliphatic heterocycles. The first kappa shape index (κ1) is 24.4. The molecule has 0 aromatic heterocycles. The summed E-state index contributed by atoms with van der Waals surface area (Å²) < 4.78 is 0. The van der Waals surface area contributed by atoms with Crippen molar-refractivity contribution in [1.29, 1.82) is 0 Å². The Morgan fingerprint density at radius 2 is 1.74 bits per heavy atom. The third kappa shape index (κ3) is 15.8. The van der Waals surface area contributed by atoms with Crippen molar-refractivity contribution in [3.63, 3.8) is 0 Å². The van der Waals surface area contributed by atoms with Gasteiger partial charge >= 0.3 is 35.5 Å². The normalized spacial score (nSPS) is 11.7. The molecule has 0 aromatic carbocycles. The van der Waals surface area contributed by atoms with E-state index < -0.39 is 30.3 Å². The zero-order valence-electron chi connectivity index (χ0n) is 14.2. The van der Waals surface area contributed by atoms with Gasteiger partial charge in [0, 0.05) is 5.97 Å². The fourth-order valence-corrected chi connectivity index (χ4v) is 1.97. The molecule has 23 heavy (non-hydrogen) atoms. The van der Waals surface area contributed by atoms with E-state index in [2.05, 4.69) is 12.2 Å². The zero-order chi connectivity index (χ0) is 16.8. The number of carbonyl (C=O) groups excluding carboxylic acids is 2. The van der Waals surface area contributed by atoms with Crippen molar-refractivity contribution < 1.29 is 54.2 Å². The number of carbonyl (C=O) groups is 3. The number of rotatable bonds is 13. The van der Waals surface area contributed by atoms with E-state index in [-0.39, 0.29) is 36.0 Å². The van der Waals surface area contributed by atoms with E-state index in [1.165, 1.54) is 31.8 Å². The van der Waals surface area contributed by atoms with Crippen LogP contribution in [0.5, 0.6) is 0 Å². The molecule has 7 heteroatoms. The van der Waals surface area contributed by atoms with Gasteiger partial charge in [-0.2, -0.15) is 0 Å². The zero-order valence-corrected chi connectivity index (χ0v) is 16.2. The van der Waals surface area contributed by atoms with Crippen molar-refractivity contribution in [1.82, 2.24) is 5.32 Å². The average molecular weight is 335 g/mol. The quantitative estimate of drug-likeness (QED) is 0.239. The molecule has 0 radical (unpaired) electrons. The number of unbranched alkanes of at least 4 members (excludes halogenated alkanes) is 6. The van der Waals surface area contributed by atoms with E-state index in [1.54, 1.807) is 6.08 Å². The summed E-state index contributed by atoms with van der Waals surface area (Å²) in [5.41, 5.74) is 0. The molecule has 1 atom stereocenters. The predicted octanol–water partition coefficient (Wildman–Crippen LogP) is -1.60. The van der Waals surface area contributed by atoms with E-state index in [1.807, 2.05) is 0 Å². The van der Waals surface area contributed by atoms with Gasteiger partial charge in [0.25, 0.3) is 0 Å². The molecule has 0 aliphatic carbocycles. The van der Waals surface area contributed by atoms with E-state index in [4.69, 9.17) is 5.11 Å². The van der Waals surface area contributed by atoms with Gasteiger partial charge < -0.3 is 20.3 Å². The summed E-state index contributed by atoms with van der Waals surface area (Å²) in [6.45, 7) is 2.17. The molecular formula is C16H26NNaO5. The summed E-state index contributed by atoms with van der Waals surface area (Å²) >= 11 is 0. The number of carboxylic acid groups (broad SMARTS) is 2. The van der Waals surface area contributed by atoms with Crippen LogP contribution >= 0.6 is 0 Å². The van der Waals surface area contributed by atoms with Crippen LogP contribution in [0.2, 0.25) is 0 Å². The van der Waals surface area contributed by atoms with Crippen LogP contribution in [0.25, 0.3) is 0 Å². The molecule has 0 saturated carbocycles. The second-order valence-electron chi connectivity index (χ2n) is 5.27. The summed E-state index contributed by atoms with van der Waals surface area (Å²) in [5.74, 6) is -3.10. The van der Waals surface area contributed by atoms with Crippen molar-refractivity contribution in [2.75, 3.05) is 0 Å². The third-order valence-corrected chi connectivity index (χ3v) is 3.25. The molecule has 0 saturated heterocycles. The molecule has 0 unspecified atom stereocenters. The SMILES string of the molecule is CCCCCCCCC=CC(=O)N[C@@H](CCC(=O)[O-])C(=O)O.[Na+]. The Labute approximate surface area is 160 Å². The monoisotopic (exact) mass is 335 g/mol. The van der Waals surface area contributed by atoms with Crippen LogP contribution in [0.15, 0.2) is 12.2 Å². The Balaban J connectivity index is 0. The molecule has 126 valence electrons. The fourth-order valence-electron chi connectivity index (χ4n) is 1.97. The van der Waals surface area contributed by atoms with Crippen molar-refractivity contribution in [3.8, 4) is 0 Å². The van der Waals surface area contributed by atoms with Gasteiger partial charge in [-0.05, 0) is 31.8 Å². The molecule has 2 N–H and O–H groups in total. The minimum atomic E-state index is -1.33. The van der Waals surface area contributed by atoms with Gasteiger partial charge in [0.1, 0.15) is 6.04 Å². The summed E-state index contributed by atoms with van der Waals surface area (Å²) in [7, 11) is 0. The molecule has 0 fully saturated rings. The largest absolute Gasteiger partial charge is 1.00 e. The number of allylic oxidation sites excluding steroid dienone is 1. The van der Waals surface area contributed by atoms with Gasteiger partial charge in [-0.1, -0.05) is 45.1 Å². The Morgan fingerprint density at radius 3 is 2.30 bits per heavy atom. The van der Waals surface area contributed by atoms with Crippen LogP contribution in [0.1, 0.15) is 64.7 Å². The van der Waals surface area contributed by atoms with Crippen molar-refractivity contribution in [2.24, 2.45) is 0 Å². The second kappa shape index (κ2) is 16.0. The van der Waals surface area contributed by atoms with Gasteiger partial charge in [-0.3, -0.25) is 4.79 Å². The Hall–Kier alpha value is -0.850. The topological polar surface area (TPSA) is 107 Å². The first-order chi connectivity index (χ1) is 10.5. The number of hydrogen-bond acceptors (Lipinski definition) is 4. The van der Waals surface area contributed by atoms with E-state index in [0.717, 1.165) is 19.3 Å². The van der Waals surface area contributed by atoms with Crippen LogP contribution < -0.4 is 40.0 Å². The summed E-state index contributed by atoms with van der Waals surface area (Å²) in [6, 6.07) is -1.20. The standard InChI is InChI=1S/C16H27NO5.Na/c1-2-3-4-5-6-7-8-9-10-14(18)17-13(16(21)22)11-12-15(19)20;/h9-10,13H,2-8,11-12H2,1H3,(H,17,18)(H,19,20)(H,21,22);/q;+1/p-1/t13-;/m0./s1. The molecule has 0 rings (SSSR count). The Kier molecular flexibility index (Phi) is 17.0. The van der Waals surface area contributed by atoms with Gasteiger partial charge in [-0.25, -0.2) is 4.79 Å². The number of carboxylic acids is 2. The maximum atomic E-state index is 11.6. The molecule has 0 bridgehead atoms. The number of aliphatic carboxylic acids is 2. The third-order valence-electron chi connectivity index (χ3n) is 3.25. The summed E-state index contributed by atoms with van der Waals surface area (Å²) in [6.07, 6.45) is 10.2. The Morgan fingerprint density at radius 1 is 1.13 bits per heavy atom. The predicted molar refractivity (Wildman–Crippen MR) is 80.9 cm³/mol. The first-order valence-electron chi connectivity index (χ1n) is 7.87. The van der Waals surface area contributed by atoms with Crippen molar-refractivity contribution >= 4 is 17.8 Å². The molecule has 6 nitrogen and oxygen atoms in total. The van der Waals surface area contributed by atoms with Crippen LogP contribution in [-0.2, 0) is 14.4 Å². The van der Waals surface area contributed by atoms with Crippen LogP contribution in [0, 0.1) is 0 Å². The van der Waals surface area contributed by atoms with Crippen LogP contribution in [0.4, 0.5) is 0 Å². The van der Waals surface area contributed by atoms with Gasteiger partial charge in [-0.15, -0.1) is 0 Å². The minimum Gasteiger partial charge on any atom is -0.550 e. The average Bonchev–Trinajstić information content (AvgIpc) is 2.45. The maximum absolute atomic E-state index is 11.6. The second-order valence-corrected chi connectivity index (χ2v) is 5.27. The van der Waals surface area contributed by atoms with E-state index >= 15 is 0 Å². The van der Waals surface area contributed by atoms with Gasteiger partial charge in [0.05, 0.1) is 0 Å². The maximum Gasteiger partial charge on any atom is 1.00 e. The van der Waals surface area contributed by atoms with Crippen molar-refractivity contribution in [2.45, 2.75) is 70.8 Å². The molecule has 0 heterocycles. The van der Waals surface area contributed by atoms with Gasteiger partial charge in [0.15, 0.2) is 0 Å². The van der Waals surface area contributed by atoms with Gasteiger partial charge in [0.2, 0.25) is 5.91 Å². The van der Waals surface area contributed by atoms with Crippen LogP contribution in [0.3, 0.4) is 0 Å². The smallest absolute Gasteiger partial charge is 0.550 e. The van der Waals surface area contributed by atoms with E-state index in [0.29, 0.717) is 0 Å². The number of nitrogens with one attached hydrogen (secondary N) is 1. The molecule has 1 amide bonds. The summed E-state index contributed by atoms with van der Waals surface area (Å²) in [5, 5.41) is 21.5. The number of amides is 1. The Bertz CT molecular complexity index is 385. The number of hydrogen-bond donors (Lipinski definition) is 2. The molecular weight excluding hydrogens is 309 g/mol. The van der Waals surface area contributed by atoms with Crippen molar-refractivity contribution in [3.05, 3.63) is 12.2 Å². The van der Waals surface area contributed by atoms with E-state index in [9.17, 15) is 19.5 Å². The minimum absolute atomic E-state index is 0. The first-order valence-corrected chi connectivity index (χ1v) is 7.87. The molecule has 0 aromatic rings. The fraction of sp³-hybridized carbons (Fsp3) is 0.688. The van der Waals surface area contributed by atoms with Crippen LogP contribution in [-0.4, -0.2) is 29.0 Å². The summed E-state index contributed by atoms with van der Waals surface area (Å²) in [4.78, 5) is 32.8. The molecule has 0 aliphatic rings.